The van der Waals surface area contributed by atoms with Crippen LogP contribution in [0.2, 0.25) is 0 Å². The van der Waals surface area contributed by atoms with Gasteiger partial charge in [0.05, 0.1) is 24.7 Å². The molecule has 2 aliphatic rings. The second-order valence-corrected chi connectivity index (χ2v) is 6.15. The van der Waals surface area contributed by atoms with Crippen LogP contribution < -0.4 is 0 Å². The number of hydrogen-bond acceptors (Lipinski definition) is 3. The molecule has 0 aromatic rings. The molecule has 2 fully saturated rings. The molecular formula is C16H27NO2. The summed E-state index contributed by atoms with van der Waals surface area (Å²) < 4.78 is 11.6. The highest BCUT2D eigenvalue weighted by atomic mass is 16.7. The largest absolute Gasteiger partial charge is 0.348 e. The van der Waals surface area contributed by atoms with Crippen LogP contribution >= 0.6 is 0 Å². The predicted octanol–water partition coefficient (Wildman–Crippen LogP) is 4.03. The first-order valence-corrected chi connectivity index (χ1v) is 7.89. The zero-order chi connectivity index (χ0) is 13.8. The van der Waals surface area contributed by atoms with Crippen molar-refractivity contribution >= 4 is 0 Å². The van der Waals surface area contributed by atoms with Crippen LogP contribution in [0.1, 0.15) is 65.2 Å². The number of hydrogen-bond donors (Lipinski definition) is 0. The van der Waals surface area contributed by atoms with Gasteiger partial charge < -0.3 is 9.47 Å². The van der Waals surface area contributed by atoms with Gasteiger partial charge in [-0.2, -0.15) is 5.26 Å². The molecule has 0 unspecified atom stereocenters. The second kappa shape index (κ2) is 6.24. The molecule has 0 amide bonds. The maximum Gasteiger partial charge on any atom is 0.168 e. The van der Waals surface area contributed by atoms with Crippen molar-refractivity contribution in [3.05, 3.63) is 0 Å². The van der Waals surface area contributed by atoms with E-state index in [1.165, 1.54) is 25.7 Å². The molecule has 3 heteroatoms. The summed E-state index contributed by atoms with van der Waals surface area (Å²) in [6, 6.07) is 2.68. The molecule has 0 aromatic carbocycles. The number of nitriles is 1. The lowest BCUT2D eigenvalue weighted by molar-refractivity contribution is -0.191. The maximum atomic E-state index is 9.76. The van der Waals surface area contributed by atoms with Gasteiger partial charge in [-0.25, -0.2) is 0 Å². The van der Waals surface area contributed by atoms with Crippen molar-refractivity contribution in [2.75, 3.05) is 13.2 Å². The van der Waals surface area contributed by atoms with Gasteiger partial charge in [0.2, 0.25) is 0 Å². The minimum atomic E-state index is -0.344. The molecule has 1 aliphatic carbocycles. The Labute approximate surface area is 117 Å². The van der Waals surface area contributed by atoms with Gasteiger partial charge in [-0.05, 0) is 31.6 Å². The third kappa shape index (κ3) is 2.95. The lowest BCUT2D eigenvalue weighted by Gasteiger charge is -2.44. The average Bonchev–Trinajstić information content (AvgIpc) is 2.89. The van der Waals surface area contributed by atoms with E-state index in [1.54, 1.807) is 0 Å². The van der Waals surface area contributed by atoms with E-state index in [-0.39, 0.29) is 11.2 Å². The number of rotatable bonds is 5. The molecule has 2 rings (SSSR count). The van der Waals surface area contributed by atoms with Crippen LogP contribution in [-0.2, 0) is 9.47 Å². The quantitative estimate of drug-likeness (QED) is 0.753. The van der Waals surface area contributed by atoms with E-state index in [1.807, 2.05) is 0 Å². The molecule has 0 bridgehead atoms. The van der Waals surface area contributed by atoms with Gasteiger partial charge >= 0.3 is 0 Å². The fraction of sp³-hybridized carbons (Fsp3) is 0.938. The summed E-state index contributed by atoms with van der Waals surface area (Å²) in [7, 11) is 0. The van der Waals surface area contributed by atoms with Gasteiger partial charge in [-0.15, -0.1) is 0 Å². The Morgan fingerprint density at radius 1 is 1.00 bits per heavy atom. The highest BCUT2D eigenvalue weighted by Gasteiger charge is 2.49. The van der Waals surface area contributed by atoms with Gasteiger partial charge in [-0.3, -0.25) is 0 Å². The molecule has 1 aliphatic heterocycles. The first-order valence-electron chi connectivity index (χ1n) is 7.89. The van der Waals surface area contributed by atoms with Crippen molar-refractivity contribution in [2.45, 2.75) is 71.0 Å². The zero-order valence-electron chi connectivity index (χ0n) is 12.4. The summed E-state index contributed by atoms with van der Waals surface area (Å²) in [5, 5.41) is 9.76. The summed E-state index contributed by atoms with van der Waals surface area (Å²) >= 11 is 0. The maximum absolute atomic E-state index is 9.76. The summed E-state index contributed by atoms with van der Waals surface area (Å²) in [5.74, 6) is 0.204. The van der Waals surface area contributed by atoms with E-state index < -0.39 is 0 Å². The molecule has 0 N–H and O–H groups in total. The average molecular weight is 265 g/mol. The van der Waals surface area contributed by atoms with Crippen LogP contribution in [0.5, 0.6) is 0 Å². The van der Waals surface area contributed by atoms with Gasteiger partial charge in [0, 0.05) is 12.8 Å². The Morgan fingerprint density at radius 2 is 1.53 bits per heavy atom. The predicted molar refractivity (Wildman–Crippen MR) is 74.5 cm³/mol. The van der Waals surface area contributed by atoms with Crippen molar-refractivity contribution in [1.29, 1.82) is 5.26 Å². The van der Waals surface area contributed by atoms with Gasteiger partial charge in [0.25, 0.3) is 0 Å². The highest BCUT2D eigenvalue weighted by molar-refractivity contribution is 5.07. The fourth-order valence-corrected chi connectivity index (χ4v) is 3.87. The van der Waals surface area contributed by atoms with E-state index >= 15 is 0 Å². The topological polar surface area (TPSA) is 42.2 Å². The lowest BCUT2D eigenvalue weighted by Crippen LogP contribution is -2.42. The molecule has 0 radical (unpaired) electrons. The third-order valence-electron chi connectivity index (χ3n) is 5.00. The fourth-order valence-electron chi connectivity index (χ4n) is 3.87. The molecule has 1 spiro atoms. The smallest absolute Gasteiger partial charge is 0.168 e. The van der Waals surface area contributed by atoms with Crippen molar-refractivity contribution in [1.82, 2.24) is 0 Å². The van der Waals surface area contributed by atoms with Crippen LogP contribution in [0, 0.1) is 22.7 Å². The first kappa shape index (κ1) is 14.8. The number of nitrogens with zero attached hydrogens (tertiary/aromatic N) is 1. The monoisotopic (exact) mass is 265 g/mol. The summed E-state index contributed by atoms with van der Waals surface area (Å²) in [6.45, 7) is 5.88. The third-order valence-corrected chi connectivity index (χ3v) is 5.00. The Morgan fingerprint density at radius 3 is 1.95 bits per heavy atom. The molecule has 19 heavy (non-hydrogen) atoms. The highest BCUT2D eigenvalue weighted by Crippen LogP contribution is 2.50. The second-order valence-electron chi connectivity index (χ2n) is 6.15. The van der Waals surface area contributed by atoms with Crippen LogP contribution in [0.15, 0.2) is 0 Å². The normalized spacial score (nSPS) is 24.7. The molecule has 1 heterocycles. The van der Waals surface area contributed by atoms with E-state index in [9.17, 15) is 5.26 Å². The van der Waals surface area contributed by atoms with Crippen molar-refractivity contribution in [3.8, 4) is 6.07 Å². The zero-order valence-corrected chi connectivity index (χ0v) is 12.4. The van der Waals surface area contributed by atoms with Gasteiger partial charge in [0.1, 0.15) is 0 Å². The molecule has 0 aromatic heterocycles. The lowest BCUT2D eigenvalue weighted by atomic mass is 9.63. The summed E-state index contributed by atoms with van der Waals surface area (Å²) in [5.41, 5.74) is -0.132. The van der Waals surface area contributed by atoms with Crippen LogP contribution in [0.25, 0.3) is 0 Å². The van der Waals surface area contributed by atoms with Crippen molar-refractivity contribution < 1.29 is 9.47 Å². The summed E-state index contributed by atoms with van der Waals surface area (Å²) in [6.07, 6.45) is 8.36. The van der Waals surface area contributed by atoms with Gasteiger partial charge in [0.15, 0.2) is 5.79 Å². The first-order chi connectivity index (χ1) is 9.20. The van der Waals surface area contributed by atoms with Crippen molar-refractivity contribution in [3.63, 3.8) is 0 Å². The summed E-state index contributed by atoms with van der Waals surface area (Å²) in [4.78, 5) is 0. The Kier molecular flexibility index (Phi) is 4.86. The van der Waals surface area contributed by atoms with E-state index in [0.29, 0.717) is 19.1 Å². The Balaban J connectivity index is 2.05. The molecule has 1 saturated heterocycles. The molecule has 0 atom stereocenters. The molecule has 1 saturated carbocycles. The van der Waals surface area contributed by atoms with Crippen LogP contribution in [0.3, 0.4) is 0 Å². The Bertz CT molecular complexity index is 312. The standard InChI is InChI=1S/C16H27NO2/c1-3-5-14(6-4-2)15(13-17)7-9-16(10-8-15)18-11-12-19-16/h14H,3-12H2,1-2H3. The van der Waals surface area contributed by atoms with Gasteiger partial charge in [-0.1, -0.05) is 26.7 Å². The molecule has 3 nitrogen and oxygen atoms in total. The molecule has 108 valence electrons. The van der Waals surface area contributed by atoms with E-state index in [2.05, 4.69) is 19.9 Å². The van der Waals surface area contributed by atoms with Crippen molar-refractivity contribution in [2.24, 2.45) is 11.3 Å². The SMILES string of the molecule is CCCC(CCC)C1(C#N)CCC2(CC1)OCCO2. The van der Waals surface area contributed by atoms with Crippen LogP contribution in [-0.4, -0.2) is 19.0 Å². The van der Waals surface area contributed by atoms with E-state index in [0.717, 1.165) is 25.7 Å². The minimum Gasteiger partial charge on any atom is -0.348 e. The Hall–Kier alpha value is -0.590. The van der Waals surface area contributed by atoms with Crippen LogP contribution in [0.4, 0.5) is 0 Å². The van der Waals surface area contributed by atoms with E-state index in [4.69, 9.17) is 9.47 Å². The molecular weight excluding hydrogens is 238 g/mol. The minimum absolute atomic E-state index is 0.132. The number of ether oxygens (including phenoxy) is 2.